The van der Waals surface area contributed by atoms with Crippen LogP contribution in [0.25, 0.3) is 0 Å². The van der Waals surface area contributed by atoms with Crippen molar-refractivity contribution in [1.29, 1.82) is 0 Å². The van der Waals surface area contributed by atoms with E-state index in [4.69, 9.17) is 4.74 Å². The summed E-state index contributed by atoms with van der Waals surface area (Å²) in [7, 11) is 0. The van der Waals surface area contributed by atoms with E-state index in [-0.39, 0.29) is 30.8 Å². The van der Waals surface area contributed by atoms with Crippen LogP contribution in [0.2, 0.25) is 0 Å². The lowest BCUT2D eigenvalue weighted by Crippen LogP contribution is -2.54. The van der Waals surface area contributed by atoms with Crippen molar-refractivity contribution in [2.45, 2.75) is 25.9 Å². The monoisotopic (exact) mass is 497 g/mol. The zero-order chi connectivity index (χ0) is 23.9. The second-order valence-electron chi connectivity index (χ2n) is 7.41. The Morgan fingerprint density at radius 3 is 2.53 bits per heavy atom. The zero-order valence-electron chi connectivity index (χ0n) is 18.4. The third kappa shape index (κ3) is 6.23. The molecule has 0 saturated carbocycles. The van der Waals surface area contributed by atoms with Crippen molar-refractivity contribution >= 4 is 49.9 Å². The Kier molecular flexibility index (Phi) is 7.60. The summed E-state index contributed by atoms with van der Waals surface area (Å²) in [6, 6.07) is 9.49. The summed E-state index contributed by atoms with van der Waals surface area (Å²) in [6.07, 6.45) is 3.93. The summed E-state index contributed by atoms with van der Waals surface area (Å²) >= 11 is 2.49. The van der Waals surface area contributed by atoms with Crippen LogP contribution in [0, 0.1) is 0 Å². The van der Waals surface area contributed by atoms with Gasteiger partial charge in [-0.15, -0.1) is 15.3 Å². The van der Waals surface area contributed by atoms with Crippen molar-refractivity contribution in [2.75, 3.05) is 28.6 Å². The van der Waals surface area contributed by atoms with E-state index in [1.807, 2.05) is 48.2 Å². The molecule has 2 aromatic heterocycles. The number of anilines is 3. The number of ether oxygens (including phenoxy) is 1. The van der Waals surface area contributed by atoms with Crippen molar-refractivity contribution in [2.24, 2.45) is 0 Å². The molecule has 176 valence electrons. The molecule has 12 heteroatoms. The van der Waals surface area contributed by atoms with Crippen LogP contribution in [0.4, 0.5) is 15.4 Å². The molecule has 0 radical (unpaired) electrons. The fourth-order valence-corrected chi connectivity index (χ4v) is 4.56. The molecule has 0 unspecified atom stereocenters. The van der Waals surface area contributed by atoms with Gasteiger partial charge in [0, 0.05) is 0 Å². The fraction of sp³-hybridized carbons (Fsp3) is 0.273. The van der Waals surface area contributed by atoms with E-state index in [1.165, 1.54) is 22.7 Å². The third-order valence-corrected chi connectivity index (χ3v) is 6.53. The number of allylic oxidation sites excluding steroid dienone is 2. The van der Waals surface area contributed by atoms with Gasteiger partial charge in [-0.25, -0.2) is 0 Å². The van der Waals surface area contributed by atoms with E-state index in [0.717, 1.165) is 11.1 Å². The van der Waals surface area contributed by atoms with Crippen molar-refractivity contribution in [3.8, 4) is 5.19 Å². The van der Waals surface area contributed by atoms with E-state index in [0.29, 0.717) is 33.7 Å². The molecule has 1 aliphatic heterocycles. The molecule has 34 heavy (non-hydrogen) atoms. The highest BCUT2D eigenvalue weighted by Crippen LogP contribution is 2.31. The van der Waals surface area contributed by atoms with Crippen LogP contribution in [0.15, 0.2) is 54.6 Å². The number of rotatable bonds is 10. The minimum absolute atomic E-state index is 0.0763. The number of hydrogen-bond acceptors (Lipinski definition) is 10. The number of amides is 2. The average molecular weight is 498 g/mol. The molecular formula is C22H23N7O3S2. The molecule has 0 spiro atoms. The first-order valence-corrected chi connectivity index (χ1v) is 12.2. The molecule has 1 aromatic carbocycles. The van der Waals surface area contributed by atoms with Gasteiger partial charge < -0.3 is 20.3 Å². The maximum Gasteiger partial charge on any atom is 0.296 e. The third-order valence-electron chi connectivity index (χ3n) is 4.90. The SMILES string of the molecule is C=C/C(=C\C)CC(=O)Nc1nnc(N2CC(Oc3nnc(NC(=O)Cc4ccccc4)s3)C2)s1. The zero-order valence-corrected chi connectivity index (χ0v) is 20.1. The molecular weight excluding hydrogens is 474 g/mol. The normalized spacial score (nSPS) is 13.8. The van der Waals surface area contributed by atoms with E-state index in [9.17, 15) is 9.59 Å². The molecule has 4 rings (SSSR count). The highest BCUT2D eigenvalue weighted by molar-refractivity contribution is 7.19. The average Bonchev–Trinajstić information content (AvgIpc) is 3.44. The Morgan fingerprint density at radius 1 is 1.09 bits per heavy atom. The summed E-state index contributed by atoms with van der Waals surface area (Å²) in [6.45, 7) is 6.76. The van der Waals surface area contributed by atoms with Gasteiger partial charge in [-0.3, -0.25) is 9.59 Å². The summed E-state index contributed by atoms with van der Waals surface area (Å²) < 4.78 is 5.85. The summed E-state index contributed by atoms with van der Waals surface area (Å²) in [5.41, 5.74) is 1.77. The molecule has 1 fully saturated rings. The van der Waals surface area contributed by atoms with Gasteiger partial charge in [-0.1, -0.05) is 65.5 Å². The van der Waals surface area contributed by atoms with Gasteiger partial charge in [0.1, 0.15) is 6.10 Å². The summed E-state index contributed by atoms with van der Waals surface area (Å²) in [5.74, 6) is -0.322. The van der Waals surface area contributed by atoms with Gasteiger partial charge in [-0.05, 0) is 29.4 Å². The lowest BCUT2D eigenvalue weighted by Gasteiger charge is -2.37. The quantitative estimate of drug-likeness (QED) is 0.409. The van der Waals surface area contributed by atoms with Gasteiger partial charge in [0.15, 0.2) is 0 Å². The molecule has 0 bridgehead atoms. The van der Waals surface area contributed by atoms with Crippen molar-refractivity contribution in [1.82, 2.24) is 20.4 Å². The lowest BCUT2D eigenvalue weighted by molar-refractivity contribution is -0.116. The first-order valence-electron chi connectivity index (χ1n) is 10.5. The number of nitrogens with zero attached hydrogens (tertiary/aromatic N) is 5. The van der Waals surface area contributed by atoms with E-state index >= 15 is 0 Å². The number of carbonyl (C=O) groups excluding carboxylic acids is 2. The molecule has 10 nitrogen and oxygen atoms in total. The smallest absolute Gasteiger partial charge is 0.296 e. The van der Waals surface area contributed by atoms with Gasteiger partial charge in [0.05, 0.1) is 25.9 Å². The number of aromatic nitrogens is 4. The van der Waals surface area contributed by atoms with Gasteiger partial charge in [-0.2, -0.15) is 0 Å². The van der Waals surface area contributed by atoms with Crippen molar-refractivity contribution < 1.29 is 14.3 Å². The molecule has 2 N–H and O–H groups in total. The standard InChI is InChI=1S/C22H23N7O3S2/c1-3-14(4-2)10-17(30)23-19-25-27-21(33-19)29-12-16(13-29)32-22-28-26-20(34-22)24-18(31)11-15-8-6-5-7-9-15/h3-9,16H,1,10-13H2,2H3,(H,23,25,30)(H,24,26,31)/b14-4+. The van der Waals surface area contributed by atoms with Crippen LogP contribution in [-0.4, -0.2) is 51.4 Å². The first kappa shape index (κ1) is 23.5. The van der Waals surface area contributed by atoms with Crippen LogP contribution in [0.5, 0.6) is 5.19 Å². The Labute approximate surface area is 204 Å². The predicted octanol–water partition coefficient (Wildman–Crippen LogP) is 3.30. The first-order chi connectivity index (χ1) is 16.5. The molecule has 1 saturated heterocycles. The maximum atomic E-state index is 12.2. The number of benzene rings is 1. The maximum absolute atomic E-state index is 12.2. The minimum Gasteiger partial charge on any atom is -0.462 e. The Hall–Kier alpha value is -3.64. The Bertz CT molecular complexity index is 1190. The van der Waals surface area contributed by atoms with Gasteiger partial charge >= 0.3 is 0 Å². The van der Waals surface area contributed by atoms with Crippen LogP contribution >= 0.6 is 22.7 Å². The second-order valence-corrected chi connectivity index (χ2v) is 9.31. The molecule has 2 amide bonds. The number of hydrogen-bond donors (Lipinski definition) is 2. The van der Waals surface area contributed by atoms with E-state index < -0.39 is 0 Å². The molecule has 0 atom stereocenters. The largest absolute Gasteiger partial charge is 0.462 e. The van der Waals surface area contributed by atoms with Crippen LogP contribution in [-0.2, 0) is 16.0 Å². The fourth-order valence-electron chi connectivity index (χ4n) is 3.10. The van der Waals surface area contributed by atoms with E-state index in [1.54, 1.807) is 6.08 Å². The molecule has 3 aromatic rings. The highest BCUT2D eigenvalue weighted by atomic mass is 32.1. The van der Waals surface area contributed by atoms with Crippen molar-refractivity contribution in [3.63, 3.8) is 0 Å². The number of carbonyl (C=O) groups is 2. The highest BCUT2D eigenvalue weighted by Gasteiger charge is 2.32. The van der Waals surface area contributed by atoms with Crippen molar-refractivity contribution in [3.05, 3.63) is 60.2 Å². The summed E-state index contributed by atoms with van der Waals surface area (Å²) in [5, 5.41) is 23.6. The topological polar surface area (TPSA) is 122 Å². The lowest BCUT2D eigenvalue weighted by atomic mass is 10.1. The van der Waals surface area contributed by atoms with Gasteiger partial charge in [0.25, 0.3) is 5.19 Å². The van der Waals surface area contributed by atoms with E-state index in [2.05, 4.69) is 37.6 Å². The van der Waals surface area contributed by atoms with Crippen LogP contribution in [0.3, 0.4) is 0 Å². The second kappa shape index (κ2) is 11.0. The number of nitrogens with one attached hydrogen (secondary N) is 2. The molecule has 3 heterocycles. The Balaban J connectivity index is 1.21. The molecule has 1 aliphatic rings. The molecule has 0 aliphatic carbocycles. The summed E-state index contributed by atoms with van der Waals surface area (Å²) in [4.78, 5) is 26.3. The van der Waals surface area contributed by atoms with Crippen LogP contribution in [0.1, 0.15) is 18.9 Å². The minimum atomic E-state index is -0.163. The predicted molar refractivity (Wildman–Crippen MR) is 132 cm³/mol. The Morgan fingerprint density at radius 2 is 1.79 bits per heavy atom. The van der Waals surface area contributed by atoms with Gasteiger partial charge in [0.2, 0.25) is 27.2 Å². The van der Waals surface area contributed by atoms with Crippen LogP contribution < -0.4 is 20.3 Å².